The van der Waals surface area contributed by atoms with Gasteiger partial charge in [-0.05, 0) is 57.2 Å². The van der Waals surface area contributed by atoms with E-state index >= 15 is 0 Å². The Morgan fingerprint density at radius 3 is 2.69 bits per heavy atom. The van der Waals surface area contributed by atoms with E-state index in [0.717, 1.165) is 37.3 Å². The molecule has 1 unspecified atom stereocenters. The van der Waals surface area contributed by atoms with Gasteiger partial charge in [0.2, 0.25) is 0 Å². The lowest BCUT2D eigenvalue weighted by atomic mass is 10.2. The van der Waals surface area contributed by atoms with Crippen molar-refractivity contribution in [2.45, 2.75) is 51.6 Å². The number of likely N-dealkylation sites (tertiary alicyclic amines) is 1. The van der Waals surface area contributed by atoms with Crippen LogP contribution in [0.5, 0.6) is 5.75 Å². The van der Waals surface area contributed by atoms with E-state index < -0.39 is 0 Å². The molecule has 1 aromatic carbocycles. The summed E-state index contributed by atoms with van der Waals surface area (Å²) >= 11 is 0. The van der Waals surface area contributed by atoms with Gasteiger partial charge in [0.15, 0.2) is 5.96 Å². The highest BCUT2D eigenvalue weighted by atomic mass is 16.5. The number of hydrogen-bond donors (Lipinski definition) is 2. The van der Waals surface area contributed by atoms with E-state index in [1.54, 1.807) is 0 Å². The number of ether oxygens (including phenoxy) is 1. The van der Waals surface area contributed by atoms with Gasteiger partial charge >= 0.3 is 0 Å². The third-order valence-corrected chi connectivity index (χ3v) is 5.45. The zero-order valence-electron chi connectivity index (χ0n) is 16.3. The quantitative estimate of drug-likeness (QED) is 0.526. The molecule has 2 aliphatic rings. The maximum absolute atomic E-state index is 6.00. The number of para-hydroxylation sites is 1. The summed E-state index contributed by atoms with van der Waals surface area (Å²) in [4.78, 5) is 6.98. The van der Waals surface area contributed by atoms with Gasteiger partial charge in [0.1, 0.15) is 5.75 Å². The second kappa shape index (κ2) is 9.81. The molecule has 2 fully saturated rings. The highest BCUT2D eigenvalue weighted by Crippen LogP contribution is 2.30. The molecule has 0 radical (unpaired) electrons. The van der Waals surface area contributed by atoms with Gasteiger partial charge in [-0.25, -0.2) is 0 Å². The predicted molar refractivity (Wildman–Crippen MR) is 108 cm³/mol. The Kier molecular flexibility index (Phi) is 7.18. The van der Waals surface area contributed by atoms with E-state index in [2.05, 4.69) is 45.6 Å². The van der Waals surface area contributed by atoms with Crippen LogP contribution in [0.2, 0.25) is 0 Å². The summed E-state index contributed by atoms with van der Waals surface area (Å²) in [7, 11) is 1.83. The lowest BCUT2D eigenvalue weighted by molar-refractivity contribution is 0.236. The summed E-state index contributed by atoms with van der Waals surface area (Å²) in [5.74, 6) is 2.62. The van der Waals surface area contributed by atoms with Crippen LogP contribution in [0.25, 0.3) is 0 Å². The molecule has 0 aromatic heterocycles. The van der Waals surface area contributed by atoms with Crippen molar-refractivity contribution in [1.82, 2.24) is 15.5 Å². The number of nitrogens with one attached hydrogen (secondary N) is 2. The molecule has 1 saturated heterocycles. The Morgan fingerprint density at radius 1 is 1.23 bits per heavy atom. The zero-order valence-corrected chi connectivity index (χ0v) is 16.3. The largest absolute Gasteiger partial charge is 0.493 e. The number of nitrogens with zero attached hydrogens (tertiary/aromatic N) is 2. The van der Waals surface area contributed by atoms with Gasteiger partial charge in [-0.1, -0.05) is 25.1 Å². The monoisotopic (exact) mass is 358 g/mol. The number of hydrogen-bond acceptors (Lipinski definition) is 3. The average Bonchev–Trinajstić information content (AvgIpc) is 3.35. The second-order valence-electron chi connectivity index (χ2n) is 7.47. The van der Waals surface area contributed by atoms with Crippen molar-refractivity contribution in [3.8, 4) is 5.75 Å². The van der Waals surface area contributed by atoms with Gasteiger partial charge in [-0.15, -0.1) is 0 Å². The first-order valence-corrected chi connectivity index (χ1v) is 10.2. The fraction of sp³-hybridized carbons (Fsp3) is 0.667. The van der Waals surface area contributed by atoms with Crippen molar-refractivity contribution in [2.75, 3.05) is 33.3 Å². The third-order valence-electron chi connectivity index (χ3n) is 5.45. The molecule has 0 spiro atoms. The summed E-state index contributed by atoms with van der Waals surface area (Å²) < 4.78 is 6.00. The molecule has 1 heterocycles. The van der Waals surface area contributed by atoms with Crippen molar-refractivity contribution in [2.24, 2.45) is 10.9 Å². The van der Waals surface area contributed by atoms with Crippen LogP contribution in [0.4, 0.5) is 0 Å². The number of benzene rings is 1. The molecule has 0 amide bonds. The molecule has 26 heavy (non-hydrogen) atoms. The topological polar surface area (TPSA) is 48.9 Å². The van der Waals surface area contributed by atoms with Crippen LogP contribution < -0.4 is 15.4 Å². The molecule has 1 aliphatic carbocycles. The maximum Gasteiger partial charge on any atom is 0.191 e. The highest BCUT2D eigenvalue weighted by molar-refractivity contribution is 5.79. The molecule has 1 aromatic rings. The van der Waals surface area contributed by atoms with Gasteiger partial charge in [0, 0.05) is 31.7 Å². The second-order valence-corrected chi connectivity index (χ2v) is 7.47. The van der Waals surface area contributed by atoms with Gasteiger partial charge in [0.25, 0.3) is 0 Å². The van der Waals surface area contributed by atoms with E-state index in [0.29, 0.717) is 6.04 Å². The molecule has 3 rings (SSSR count). The predicted octanol–water partition coefficient (Wildman–Crippen LogP) is 3.01. The zero-order chi connectivity index (χ0) is 18.2. The summed E-state index contributed by atoms with van der Waals surface area (Å²) in [5.41, 5.74) is 1.18. The molecule has 1 atom stereocenters. The standard InChI is InChI=1S/C21H34N4O/c1-3-19(25-12-6-7-13-25)15-24-21(22-2)23-14-18-8-4-5-9-20(18)26-16-17-10-11-17/h4-5,8-9,17,19H,3,6-7,10-16H2,1-2H3,(H2,22,23,24). The number of aliphatic imine (C=N–C) groups is 1. The summed E-state index contributed by atoms with van der Waals surface area (Å²) in [6, 6.07) is 8.89. The molecule has 1 aliphatic heterocycles. The molecule has 1 saturated carbocycles. The van der Waals surface area contributed by atoms with Gasteiger partial charge < -0.3 is 15.4 Å². The lowest BCUT2D eigenvalue weighted by Gasteiger charge is -2.27. The smallest absolute Gasteiger partial charge is 0.191 e. The van der Waals surface area contributed by atoms with Crippen LogP contribution in [-0.2, 0) is 6.54 Å². The van der Waals surface area contributed by atoms with Crippen molar-refractivity contribution in [3.63, 3.8) is 0 Å². The van der Waals surface area contributed by atoms with Crippen LogP contribution in [0.1, 0.15) is 44.6 Å². The van der Waals surface area contributed by atoms with Crippen LogP contribution in [0, 0.1) is 5.92 Å². The van der Waals surface area contributed by atoms with E-state index in [9.17, 15) is 0 Å². The molecular weight excluding hydrogens is 324 g/mol. The first kappa shape index (κ1) is 19.0. The fourth-order valence-corrected chi connectivity index (χ4v) is 3.54. The summed E-state index contributed by atoms with van der Waals surface area (Å²) in [5, 5.41) is 6.94. The van der Waals surface area contributed by atoms with Crippen molar-refractivity contribution in [3.05, 3.63) is 29.8 Å². The average molecular weight is 359 g/mol. The van der Waals surface area contributed by atoms with E-state index in [-0.39, 0.29) is 0 Å². The van der Waals surface area contributed by atoms with Crippen LogP contribution in [-0.4, -0.2) is 50.2 Å². The van der Waals surface area contributed by atoms with Crippen molar-refractivity contribution >= 4 is 5.96 Å². The Bertz CT molecular complexity index is 579. The maximum atomic E-state index is 6.00. The SMILES string of the molecule is CCC(CNC(=NC)NCc1ccccc1OCC1CC1)N1CCCC1. The summed E-state index contributed by atoms with van der Waals surface area (Å²) in [6.07, 6.45) is 6.46. The number of guanidine groups is 1. The first-order chi connectivity index (χ1) is 12.8. The van der Waals surface area contributed by atoms with Crippen molar-refractivity contribution < 1.29 is 4.74 Å². The molecule has 0 bridgehead atoms. The van der Waals surface area contributed by atoms with E-state index in [4.69, 9.17) is 4.74 Å². The fourth-order valence-electron chi connectivity index (χ4n) is 3.54. The molecule has 144 valence electrons. The van der Waals surface area contributed by atoms with Gasteiger partial charge in [0.05, 0.1) is 6.61 Å². The molecule has 5 heteroatoms. The minimum atomic E-state index is 0.588. The minimum absolute atomic E-state index is 0.588. The van der Waals surface area contributed by atoms with Crippen LogP contribution in [0.3, 0.4) is 0 Å². The first-order valence-electron chi connectivity index (χ1n) is 10.2. The Labute approximate surface area is 158 Å². The molecule has 2 N–H and O–H groups in total. The minimum Gasteiger partial charge on any atom is -0.493 e. The van der Waals surface area contributed by atoms with Crippen molar-refractivity contribution in [1.29, 1.82) is 0 Å². The van der Waals surface area contributed by atoms with Gasteiger partial charge in [-0.2, -0.15) is 0 Å². The normalized spacial score (nSPS) is 19.4. The Hall–Kier alpha value is -1.75. The molecule has 5 nitrogen and oxygen atoms in total. The van der Waals surface area contributed by atoms with Crippen LogP contribution in [0.15, 0.2) is 29.3 Å². The molecular formula is C21H34N4O. The summed E-state index contributed by atoms with van der Waals surface area (Å²) in [6.45, 7) is 7.25. The van der Waals surface area contributed by atoms with E-state index in [1.807, 2.05) is 13.1 Å². The van der Waals surface area contributed by atoms with Crippen LogP contribution >= 0.6 is 0 Å². The highest BCUT2D eigenvalue weighted by Gasteiger charge is 2.22. The Morgan fingerprint density at radius 2 is 2.00 bits per heavy atom. The third kappa shape index (κ3) is 5.63. The Balaban J connectivity index is 1.47. The lowest BCUT2D eigenvalue weighted by Crippen LogP contribution is -2.46. The number of rotatable bonds is 9. The van der Waals surface area contributed by atoms with E-state index in [1.165, 1.54) is 50.8 Å². The van der Waals surface area contributed by atoms with Gasteiger partial charge in [-0.3, -0.25) is 9.89 Å².